The molecule has 1 saturated heterocycles. The molecule has 1 aromatic heterocycles. The molecule has 4 nitrogen and oxygen atoms in total. The predicted molar refractivity (Wildman–Crippen MR) is 99.0 cm³/mol. The summed E-state index contributed by atoms with van der Waals surface area (Å²) in [5, 5.41) is 5.95. The van der Waals surface area contributed by atoms with Crippen LogP contribution in [0.25, 0.3) is 21.8 Å². The average molecular weight is 342 g/mol. The number of nitrogens with one attached hydrogen (secondary N) is 1. The van der Waals surface area contributed by atoms with E-state index in [1.807, 2.05) is 0 Å². The molecule has 1 N–H and O–H groups in total. The smallest absolute Gasteiger partial charge is 0.151 e. The minimum Gasteiger partial charge on any atom is -0.341 e. The molecule has 2 aromatic carbocycles. The zero-order valence-electron chi connectivity index (χ0n) is 13.8. The Kier molecular flexibility index (Phi) is 3.85. The van der Waals surface area contributed by atoms with Crippen molar-refractivity contribution in [2.24, 2.45) is 0 Å². The number of sulfone groups is 1. The maximum absolute atomic E-state index is 11.6. The van der Waals surface area contributed by atoms with Crippen molar-refractivity contribution >= 4 is 31.6 Å². The number of aromatic nitrogens is 1. The molecule has 2 heterocycles. The van der Waals surface area contributed by atoms with Crippen LogP contribution < -0.4 is 5.32 Å². The molecule has 0 radical (unpaired) electrons. The normalized spacial score (nSPS) is 20.1. The zero-order valence-corrected chi connectivity index (χ0v) is 14.6. The molecule has 1 fully saturated rings. The lowest BCUT2D eigenvalue weighted by molar-refractivity contribution is 0.554. The summed E-state index contributed by atoms with van der Waals surface area (Å²) in [7, 11) is -2.83. The molecule has 1 atom stereocenters. The largest absolute Gasteiger partial charge is 0.341 e. The molecule has 24 heavy (non-hydrogen) atoms. The van der Waals surface area contributed by atoms with Crippen LogP contribution in [0.4, 0.5) is 0 Å². The van der Waals surface area contributed by atoms with Crippen LogP contribution in [-0.2, 0) is 22.9 Å². The lowest BCUT2D eigenvalue weighted by Crippen LogP contribution is -2.29. The number of hydrogen-bond acceptors (Lipinski definition) is 3. The fraction of sp³-hybridized carbons (Fsp3) is 0.368. The first kappa shape index (κ1) is 15.7. The number of aryl methyl sites for hydroxylation is 1. The highest BCUT2D eigenvalue weighted by molar-refractivity contribution is 7.91. The van der Waals surface area contributed by atoms with Gasteiger partial charge in [-0.05, 0) is 37.1 Å². The Balaban J connectivity index is 1.65. The van der Waals surface area contributed by atoms with Gasteiger partial charge in [-0.3, -0.25) is 0 Å². The number of hydrogen-bond donors (Lipinski definition) is 1. The SMILES string of the molecule is CCn1c2ccccc2c2cc(CN[C@@H]3CCS(=O)(=O)C3)ccc21. The van der Waals surface area contributed by atoms with Gasteiger partial charge in [-0.25, -0.2) is 8.42 Å². The zero-order chi connectivity index (χ0) is 16.7. The summed E-state index contributed by atoms with van der Waals surface area (Å²) >= 11 is 0. The number of benzene rings is 2. The minimum absolute atomic E-state index is 0.0858. The Labute approximate surface area is 142 Å². The highest BCUT2D eigenvalue weighted by Gasteiger charge is 2.27. The van der Waals surface area contributed by atoms with Crippen molar-refractivity contribution in [1.82, 2.24) is 9.88 Å². The van der Waals surface area contributed by atoms with Crippen molar-refractivity contribution in [1.29, 1.82) is 0 Å². The summed E-state index contributed by atoms with van der Waals surface area (Å²) in [6.45, 7) is 3.82. The molecule has 0 aliphatic carbocycles. The molecule has 0 spiro atoms. The molecule has 5 heteroatoms. The second kappa shape index (κ2) is 5.90. The van der Waals surface area contributed by atoms with Crippen molar-refractivity contribution in [2.75, 3.05) is 11.5 Å². The molecule has 1 aliphatic heterocycles. The van der Waals surface area contributed by atoms with E-state index in [0.717, 1.165) is 13.0 Å². The Hall–Kier alpha value is -1.85. The maximum atomic E-state index is 11.6. The minimum atomic E-state index is -2.83. The Morgan fingerprint density at radius 2 is 1.92 bits per heavy atom. The van der Waals surface area contributed by atoms with Gasteiger partial charge in [0.05, 0.1) is 11.5 Å². The van der Waals surface area contributed by atoms with Crippen LogP contribution in [0.3, 0.4) is 0 Å². The summed E-state index contributed by atoms with van der Waals surface area (Å²) in [5.41, 5.74) is 3.72. The third-order valence-corrected chi connectivity index (χ3v) is 6.75. The second-order valence-electron chi connectivity index (χ2n) is 6.59. The molecular formula is C19H22N2O2S. The molecule has 3 aromatic rings. The predicted octanol–water partition coefficient (Wildman–Crippen LogP) is 3.09. The summed E-state index contributed by atoms with van der Waals surface area (Å²) in [6, 6.07) is 15.1. The van der Waals surface area contributed by atoms with E-state index in [-0.39, 0.29) is 11.8 Å². The van der Waals surface area contributed by atoms with E-state index < -0.39 is 9.84 Å². The molecule has 0 saturated carbocycles. The van der Waals surface area contributed by atoms with Crippen LogP contribution in [0.15, 0.2) is 42.5 Å². The van der Waals surface area contributed by atoms with Gasteiger partial charge in [0.15, 0.2) is 9.84 Å². The first-order valence-corrected chi connectivity index (χ1v) is 10.3. The van der Waals surface area contributed by atoms with Gasteiger partial charge < -0.3 is 9.88 Å². The number of rotatable bonds is 4. The lowest BCUT2D eigenvalue weighted by atomic mass is 10.1. The van der Waals surface area contributed by atoms with Gasteiger partial charge in [-0.2, -0.15) is 0 Å². The van der Waals surface area contributed by atoms with Crippen molar-refractivity contribution in [3.63, 3.8) is 0 Å². The molecule has 0 bridgehead atoms. The summed E-state index contributed by atoms with van der Waals surface area (Å²) in [4.78, 5) is 0. The summed E-state index contributed by atoms with van der Waals surface area (Å²) < 4.78 is 25.5. The number of fused-ring (bicyclic) bond motifs is 3. The first-order chi connectivity index (χ1) is 11.6. The van der Waals surface area contributed by atoms with Crippen LogP contribution in [0.2, 0.25) is 0 Å². The second-order valence-corrected chi connectivity index (χ2v) is 8.82. The van der Waals surface area contributed by atoms with Gasteiger partial charge in [-0.15, -0.1) is 0 Å². The average Bonchev–Trinajstić information content (AvgIpc) is 3.09. The van der Waals surface area contributed by atoms with Gasteiger partial charge in [0.25, 0.3) is 0 Å². The lowest BCUT2D eigenvalue weighted by Gasteiger charge is -2.11. The van der Waals surface area contributed by atoms with Gasteiger partial charge in [-0.1, -0.05) is 24.3 Å². The Morgan fingerprint density at radius 1 is 1.12 bits per heavy atom. The Morgan fingerprint density at radius 3 is 2.67 bits per heavy atom. The summed E-state index contributed by atoms with van der Waals surface area (Å²) in [6.07, 6.45) is 0.722. The molecule has 0 unspecified atom stereocenters. The Bertz CT molecular complexity index is 1000. The van der Waals surface area contributed by atoms with Crippen molar-refractivity contribution in [3.05, 3.63) is 48.0 Å². The van der Waals surface area contributed by atoms with E-state index >= 15 is 0 Å². The van der Waals surface area contributed by atoms with Crippen LogP contribution >= 0.6 is 0 Å². The van der Waals surface area contributed by atoms with Gasteiger partial charge in [0.1, 0.15) is 0 Å². The molecule has 126 valence electrons. The fourth-order valence-corrected chi connectivity index (χ4v) is 5.48. The first-order valence-electron chi connectivity index (χ1n) is 8.51. The molecule has 4 rings (SSSR count). The summed E-state index contributed by atoms with van der Waals surface area (Å²) in [5.74, 6) is 0.581. The number of nitrogens with zero attached hydrogens (tertiary/aromatic N) is 1. The highest BCUT2D eigenvalue weighted by Crippen LogP contribution is 2.29. The molecule has 1 aliphatic rings. The quantitative estimate of drug-likeness (QED) is 0.793. The van der Waals surface area contributed by atoms with E-state index in [1.165, 1.54) is 27.4 Å². The maximum Gasteiger partial charge on any atom is 0.151 e. The monoisotopic (exact) mass is 342 g/mol. The van der Waals surface area contributed by atoms with Gasteiger partial charge in [0, 0.05) is 40.9 Å². The topological polar surface area (TPSA) is 51.1 Å². The molecular weight excluding hydrogens is 320 g/mol. The third-order valence-electron chi connectivity index (χ3n) is 4.98. The van der Waals surface area contributed by atoms with Gasteiger partial charge >= 0.3 is 0 Å². The van der Waals surface area contributed by atoms with Crippen molar-refractivity contribution < 1.29 is 8.42 Å². The van der Waals surface area contributed by atoms with Crippen LogP contribution in [0.5, 0.6) is 0 Å². The van der Waals surface area contributed by atoms with Crippen molar-refractivity contribution in [3.8, 4) is 0 Å². The van der Waals surface area contributed by atoms with E-state index in [2.05, 4.69) is 59.3 Å². The number of para-hydroxylation sites is 1. The molecule has 0 amide bonds. The highest BCUT2D eigenvalue weighted by atomic mass is 32.2. The van der Waals surface area contributed by atoms with Crippen LogP contribution in [-0.4, -0.2) is 30.5 Å². The van der Waals surface area contributed by atoms with E-state index in [9.17, 15) is 8.42 Å². The van der Waals surface area contributed by atoms with Crippen molar-refractivity contribution in [2.45, 2.75) is 32.5 Å². The standard InChI is InChI=1S/C19H22N2O2S/c1-2-21-18-6-4-3-5-16(18)17-11-14(7-8-19(17)21)12-20-15-9-10-24(22,23)13-15/h3-8,11,15,20H,2,9-10,12-13H2,1H3/t15-/m1/s1. The van der Waals surface area contributed by atoms with Crippen LogP contribution in [0.1, 0.15) is 18.9 Å². The van der Waals surface area contributed by atoms with E-state index in [1.54, 1.807) is 0 Å². The fourth-order valence-electron chi connectivity index (χ4n) is 3.77. The van der Waals surface area contributed by atoms with E-state index in [4.69, 9.17) is 0 Å². The van der Waals surface area contributed by atoms with E-state index in [0.29, 0.717) is 12.3 Å². The van der Waals surface area contributed by atoms with Crippen LogP contribution in [0, 0.1) is 0 Å². The third kappa shape index (κ3) is 2.72. The van der Waals surface area contributed by atoms with Gasteiger partial charge in [0.2, 0.25) is 0 Å².